The van der Waals surface area contributed by atoms with Gasteiger partial charge in [0.15, 0.2) is 0 Å². The van der Waals surface area contributed by atoms with E-state index in [1.54, 1.807) is 23.5 Å². The third kappa shape index (κ3) is 5.96. The first-order chi connectivity index (χ1) is 17.3. The maximum atomic E-state index is 14.8. The average Bonchev–Trinajstić information content (AvgIpc) is 3.54. The molecule has 4 rings (SSSR count). The van der Waals surface area contributed by atoms with Crippen LogP contribution in [0, 0.1) is 5.41 Å². The lowest BCUT2D eigenvalue weighted by molar-refractivity contribution is -0.147. The Bertz CT molecular complexity index is 1130. The molecule has 0 spiro atoms. The Morgan fingerprint density at radius 1 is 1.25 bits per heavy atom. The van der Waals surface area contributed by atoms with E-state index in [9.17, 15) is 9.18 Å². The van der Waals surface area contributed by atoms with E-state index < -0.39 is 23.7 Å². The van der Waals surface area contributed by atoms with Crippen LogP contribution in [-0.2, 0) is 16.1 Å². The van der Waals surface area contributed by atoms with Crippen LogP contribution >= 0.6 is 0 Å². The fourth-order valence-electron chi connectivity index (χ4n) is 4.67. The molecule has 1 fully saturated rings. The van der Waals surface area contributed by atoms with Crippen molar-refractivity contribution in [3.05, 3.63) is 66.5 Å². The summed E-state index contributed by atoms with van der Waals surface area (Å²) in [6.07, 6.45) is 6.29. The summed E-state index contributed by atoms with van der Waals surface area (Å²) in [6, 6.07) is 9.49. The van der Waals surface area contributed by atoms with Gasteiger partial charge in [-0.1, -0.05) is 51.1 Å². The van der Waals surface area contributed by atoms with Crippen molar-refractivity contribution in [2.75, 3.05) is 19.7 Å². The lowest BCUT2D eigenvalue weighted by Gasteiger charge is -2.41. The molecule has 0 bridgehead atoms. The minimum Gasteiger partial charge on any atom is -0.368 e. The van der Waals surface area contributed by atoms with Crippen molar-refractivity contribution >= 4 is 5.91 Å². The highest BCUT2D eigenvalue weighted by Crippen LogP contribution is 2.40. The van der Waals surface area contributed by atoms with E-state index in [-0.39, 0.29) is 19.0 Å². The van der Waals surface area contributed by atoms with Crippen LogP contribution in [0.1, 0.15) is 51.0 Å². The van der Waals surface area contributed by atoms with E-state index in [0.717, 1.165) is 12.0 Å². The van der Waals surface area contributed by atoms with Gasteiger partial charge in [0.1, 0.15) is 29.5 Å². The Morgan fingerprint density at radius 3 is 2.64 bits per heavy atom. The van der Waals surface area contributed by atoms with E-state index >= 15 is 0 Å². The van der Waals surface area contributed by atoms with Gasteiger partial charge < -0.3 is 19.9 Å². The van der Waals surface area contributed by atoms with Gasteiger partial charge in [-0.05, 0) is 23.8 Å². The van der Waals surface area contributed by atoms with Crippen LogP contribution < -0.4 is 5.73 Å². The number of ether oxygens (including phenoxy) is 1. The minimum absolute atomic E-state index is 0.129. The molecule has 2 N–H and O–H groups in total. The van der Waals surface area contributed by atoms with E-state index in [4.69, 9.17) is 15.5 Å². The molecule has 1 amide bonds. The Balaban J connectivity index is 1.83. The molecule has 3 aromatic rings. The monoisotopic (exact) mass is 494 g/mol. The van der Waals surface area contributed by atoms with Gasteiger partial charge in [-0.3, -0.25) is 14.8 Å². The van der Waals surface area contributed by atoms with E-state index in [1.807, 2.05) is 61.9 Å². The summed E-state index contributed by atoms with van der Waals surface area (Å²) < 4.78 is 22.6. The molecule has 0 aliphatic carbocycles. The van der Waals surface area contributed by atoms with Crippen molar-refractivity contribution in [2.45, 2.75) is 58.5 Å². The highest BCUT2D eigenvalue weighted by molar-refractivity contribution is 5.81. The van der Waals surface area contributed by atoms with Gasteiger partial charge in [0.2, 0.25) is 0 Å². The van der Waals surface area contributed by atoms with Crippen molar-refractivity contribution in [2.24, 2.45) is 11.1 Å². The average molecular weight is 495 g/mol. The van der Waals surface area contributed by atoms with Crippen LogP contribution in [0.5, 0.6) is 0 Å². The lowest BCUT2D eigenvalue weighted by atomic mass is 9.84. The summed E-state index contributed by atoms with van der Waals surface area (Å²) in [5.74, 6) is 0.432. The summed E-state index contributed by atoms with van der Waals surface area (Å²) in [6.45, 7) is 6.87. The SMILES string of the molecule is CC(C)(C)[C@H](c1nc(-c2cnccn2)cn1Cc1ccccc1)N(C[C@H](F)CN)C(=O)[C@@H]1CCCO1. The molecule has 0 unspecified atom stereocenters. The molecule has 2 aromatic heterocycles. The number of amides is 1. The zero-order chi connectivity index (χ0) is 25.7. The summed E-state index contributed by atoms with van der Waals surface area (Å²) >= 11 is 0. The Morgan fingerprint density at radius 2 is 2.03 bits per heavy atom. The zero-order valence-corrected chi connectivity index (χ0v) is 21.2. The lowest BCUT2D eigenvalue weighted by Crippen LogP contribution is -2.49. The van der Waals surface area contributed by atoms with Crippen LogP contribution in [0.15, 0.2) is 55.1 Å². The standard InChI is InChI=1S/C27H35FN6O2/c1-27(2,3)24(34(17-20(28)14-29)26(35)23-10-7-13-36-23)25-32-22(21-15-30-11-12-31-21)18-33(25)16-19-8-5-4-6-9-19/h4-6,8-9,11-12,15,18,20,23-24H,7,10,13-14,16-17,29H2,1-3H3/t20-,23+,24+/m1/s1. The number of nitrogens with zero attached hydrogens (tertiary/aromatic N) is 5. The second-order valence-electron chi connectivity index (χ2n) is 10.3. The number of rotatable bonds is 9. The van der Waals surface area contributed by atoms with Gasteiger partial charge in [-0.15, -0.1) is 0 Å². The molecule has 3 atom stereocenters. The third-order valence-corrected chi connectivity index (χ3v) is 6.34. The van der Waals surface area contributed by atoms with Gasteiger partial charge in [0.25, 0.3) is 5.91 Å². The van der Waals surface area contributed by atoms with Gasteiger partial charge in [-0.25, -0.2) is 9.37 Å². The molecule has 8 nitrogen and oxygen atoms in total. The van der Waals surface area contributed by atoms with Gasteiger partial charge in [0.05, 0.1) is 18.8 Å². The quantitative estimate of drug-likeness (QED) is 0.486. The Hall–Kier alpha value is -3.17. The van der Waals surface area contributed by atoms with Crippen molar-refractivity contribution in [3.8, 4) is 11.4 Å². The van der Waals surface area contributed by atoms with Crippen LogP contribution in [0.25, 0.3) is 11.4 Å². The third-order valence-electron chi connectivity index (χ3n) is 6.34. The first kappa shape index (κ1) is 25.9. The largest absolute Gasteiger partial charge is 0.368 e. The van der Waals surface area contributed by atoms with Gasteiger partial charge in [-0.2, -0.15) is 0 Å². The maximum Gasteiger partial charge on any atom is 0.252 e. The first-order valence-electron chi connectivity index (χ1n) is 12.4. The predicted molar refractivity (Wildman–Crippen MR) is 136 cm³/mol. The molecular weight excluding hydrogens is 459 g/mol. The first-order valence-corrected chi connectivity index (χ1v) is 12.4. The molecule has 0 radical (unpaired) electrons. The molecular formula is C27H35FN6O2. The second-order valence-corrected chi connectivity index (χ2v) is 10.3. The van der Waals surface area contributed by atoms with Crippen LogP contribution in [0.2, 0.25) is 0 Å². The van der Waals surface area contributed by atoms with Crippen molar-refractivity contribution < 1.29 is 13.9 Å². The smallest absolute Gasteiger partial charge is 0.252 e. The van der Waals surface area contributed by atoms with E-state index in [0.29, 0.717) is 36.8 Å². The van der Waals surface area contributed by atoms with Crippen molar-refractivity contribution in [1.29, 1.82) is 0 Å². The van der Waals surface area contributed by atoms with Gasteiger partial charge >= 0.3 is 0 Å². The number of benzene rings is 1. The molecule has 36 heavy (non-hydrogen) atoms. The maximum absolute atomic E-state index is 14.8. The summed E-state index contributed by atoms with van der Waals surface area (Å²) in [5, 5.41) is 0. The number of carbonyl (C=O) groups is 1. The highest BCUT2D eigenvalue weighted by atomic mass is 19.1. The number of hydrogen-bond acceptors (Lipinski definition) is 6. The Kier molecular flexibility index (Phi) is 8.11. The summed E-state index contributed by atoms with van der Waals surface area (Å²) in [4.78, 5) is 28.9. The fourth-order valence-corrected chi connectivity index (χ4v) is 4.67. The van der Waals surface area contributed by atoms with E-state index in [1.165, 1.54) is 0 Å². The topological polar surface area (TPSA) is 99.2 Å². The molecule has 1 aliphatic heterocycles. The van der Waals surface area contributed by atoms with Crippen molar-refractivity contribution in [1.82, 2.24) is 24.4 Å². The number of halogens is 1. The van der Waals surface area contributed by atoms with Gasteiger partial charge in [0, 0.05) is 38.3 Å². The number of imidazole rings is 1. The molecule has 1 aliphatic rings. The summed E-state index contributed by atoms with van der Waals surface area (Å²) in [5.41, 5.74) is 7.53. The number of carbonyl (C=O) groups excluding carboxylic acids is 1. The van der Waals surface area contributed by atoms with E-state index in [2.05, 4.69) is 9.97 Å². The number of aromatic nitrogens is 4. The molecule has 1 saturated heterocycles. The predicted octanol–water partition coefficient (Wildman–Crippen LogP) is 3.78. The van der Waals surface area contributed by atoms with Crippen LogP contribution in [0.3, 0.4) is 0 Å². The van der Waals surface area contributed by atoms with Crippen LogP contribution in [-0.4, -0.2) is 62.3 Å². The number of alkyl halides is 1. The summed E-state index contributed by atoms with van der Waals surface area (Å²) in [7, 11) is 0. The minimum atomic E-state index is -1.36. The number of nitrogens with two attached hydrogens (primary N) is 1. The molecule has 3 heterocycles. The van der Waals surface area contributed by atoms with Crippen molar-refractivity contribution in [3.63, 3.8) is 0 Å². The second kappa shape index (κ2) is 11.3. The molecule has 192 valence electrons. The normalized spacial score (nSPS) is 17.6. The Labute approximate surface area is 211 Å². The molecule has 1 aromatic carbocycles. The molecule has 0 saturated carbocycles. The number of hydrogen-bond donors (Lipinski definition) is 1. The zero-order valence-electron chi connectivity index (χ0n) is 21.2. The van der Waals surface area contributed by atoms with Crippen LogP contribution in [0.4, 0.5) is 4.39 Å². The molecule has 9 heteroatoms. The fraction of sp³-hybridized carbons (Fsp3) is 0.481. The highest BCUT2D eigenvalue weighted by Gasteiger charge is 2.42.